The number of hydrogen-bond acceptors (Lipinski definition) is 3. The van der Waals surface area contributed by atoms with Crippen LogP contribution in [0.4, 0.5) is 0 Å². The number of benzene rings is 1. The van der Waals surface area contributed by atoms with Crippen molar-refractivity contribution < 1.29 is 9.47 Å². The molecule has 1 aliphatic carbocycles. The van der Waals surface area contributed by atoms with Gasteiger partial charge in [-0.1, -0.05) is 13.8 Å². The third-order valence-electron chi connectivity index (χ3n) is 3.38. The second-order valence-electron chi connectivity index (χ2n) is 5.13. The van der Waals surface area contributed by atoms with Crippen molar-refractivity contribution in [1.29, 1.82) is 0 Å². The normalized spacial score (nSPS) is 16.1. The van der Waals surface area contributed by atoms with Gasteiger partial charge < -0.3 is 14.8 Å². The van der Waals surface area contributed by atoms with Crippen LogP contribution in [0.15, 0.2) is 24.3 Å². The molecule has 3 heteroatoms. The Labute approximate surface area is 116 Å². The highest BCUT2D eigenvalue weighted by Crippen LogP contribution is 2.33. The van der Waals surface area contributed by atoms with E-state index in [9.17, 15) is 0 Å². The maximum Gasteiger partial charge on any atom is 0.119 e. The molecule has 1 aromatic rings. The first-order valence-electron chi connectivity index (χ1n) is 7.42. The Kier molecular flexibility index (Phi) is 5.52. The van der Waals surface area contributed by atoms with Gasteiger partial charge in [0.25, 0.3) is 0 Å². The van der Waals surface area contributed by atoms with Crippen LogP contribution in [0.2, 0.25) is 0 Å². The third kappa shape index (κ3) is 4.75. The van der Waals surface area contributed by atoms with E-state index in [0.29, 0.717) is 6.04 Å². The lowest BCUT2D eigenvalue weighted by Crippen LogP contribution is -2.36. The zero-order valence-electron chi connectivity index (χ0n) is 12.0. The molecule has 1 fully saturated rings. The lowest BCUT2D eigenvalue weighted by molar-refractivity contribution is 0.250. The van der Waals surface area contributed by atoms with Crippen LogP contribution in [0.25, 0.3) is 0 Å². The third-order valence-corrected chi connectivity index (χ3v) is 3.38. The van der Waals surface area contributed by atoms with E-state index in [-0.39, 0.29) is 0 Å². The molecule has 1 aromatic carbocycles. The quantitative estimate of drug-likeness (QED) is 0.742. The van der Waals surface area contributed by atoms with Gasteiger partial charge in [0.05, 0.1) is 6.61 Å². The fourth-order valence-corrected chi connectivity index (χ4v) is 2.16. The fraction of sp³-hybridized carbons (Fsp3) is 0.625. The van der Waals surface area contributed by atoms with Gasteiger partial charge in [-0.15, -0.1) is 0 Å². The molecule has 1 N–H and O–H groups in total. The molecule has 2 rings (SSSR count). The van der Waals surface area contributed by atoms with Crippen molar-refractivity contribution in [3.63, 3.8) is 0 Å². The molecule has 0 bridgehead atoms. The van der Waals surface area contributed by atoms with Crippen molar-refractivity contribution in [2.45, 2.75) is 39.2 Å². The average Bonchev–Trinajstić information content (AvgIpc) is 3.27. The Morgan fingerprint density at radius 2 is 1.74 bits per heavy atom. The van der Waals surface area contributed by atoms with Gasteiger partial charge in [0.15, 0.2) is 0 Å². The summed E-state index contributed by atoms with van der Waals surface area (Å²) < 4.78 is 11.4. The Morgan fingerprint density at radius 1 is 1.11 bits per heavy atom. The van der Waals surface area contributed by atoms with E-state index in [1.165, 1.54) is 12.8 Å². The molecule has 19 heavy (non-hydrogen) atoms. The lowest BCUT2D eigenvalue weighted by atomic mass is 10.2. The molecule has 0 heterocycles. The first-order chi connectivity index (χ1) is 9.33. The van der Waals surface area contributed by atoms with Crippen LogP contribution in [0, 0.1) is 5.92 Å². The number of ether oxygens (including phenoxy) is 2. The zero-order valence-corrected chi connectivity index (χ0v) is 12.0. The van der Waals surface area contributed by atoms with Crippen molar-refractivity contribution >= 4 is 0 Å². The van der Waals surface area contributed by atoms with Crippen molar-refractivity contribution in [3.8, 4) is 11.5 Å². The molecule has 0 aliphatic heterocycles. The van der Waals surface area contributed by atoms with E-state index in [1.54, 1.807) is 0 Å². The molecular formula is C16H25NO2. The van der Waals surface area contributed by atoms with E-state index >= 15 is 0 Å². The van der Waals surface area contributed by atoms with Crippen molar-refractivity contribution in [3.05, 3.63) is 24.3 Å². The van der Waals surface area contributed by atoms with Gasteiger partial charge in [-0.25, -0.2) is 0 Å². The monoisotopic (exact) mass is 263 g/mol. The number of nitrogens with one attached hydrogen (secondary N) is 1. The van der Waals surface area contributed by atoms with E-state index in [1.807, 2.05) is 24.3 Å². The summed E-state index contributed by atoms with van der Waals surface area (Å²) >= 11 is 0. The van der Waals surface area contributed by atoms with Crippen molar-refractivity contribution in [2.24, 2.45) is 5.92 Å². The van der Waals surface area contributed by atoms with Gasteiger partial charge in [0.2, 0.25) is 0 Å². The zero-order chi connectivity index (χ0) is 13.5. The van der Waals surface area contributed by atoms with Gasteiger partial charge in [0.1, 0.15) is 18.1 Å². The number of likely N-dealkylation sites (N-methyl/N-ethyl adjacent to an activating group) is 1. The lowest BCUT2D eigenvalue weighted by Gasteiger charge is -2.18. The molecule has 0 spiro atoms. The molecule has 1 aliphatic rings. The SMILES string of the molecule is CCCOc1ccc(OCC(NCC)C2CC2)cc1. The van der Waals surface area contributed by atoms with Crippen LogP contribution in [0.1, 0.15) is 33.1 Å². The predicted octanol–water partition coefficient (Wildman–Crippen LogP) is 3.24. The van der Waals surface area contributed by atoms with Crippen LogP contribution >= 0.6 is 0 Å². The summed E-state index contributed by atoms with van der Waals surface area (Å²) in [6.07, 6.45) is 3.71. The highest BCUT2D eigenvalue weighted by molar-refractivity contribution is 5.31. The minimum absolute atomic E-state index is 0.501. The summed E-state index contributed by atoms with van der Waals surface area (Å²) in [4.78, 5) is 0. The molecule has 1 saturated carbocycles. The summed E-state index contributed by atoms with van der Waals surface area (Å²) in [6.45, 7) is 6.79. The summed E-state index contributed by atoms with van der Waals surface area (Å²) in [5.74, 6) is 2.65. The molecule has 106 valence electrons. The molecule has 3 nitrogen and oxygen atoms in total. The van der Waals surface area contributed by atoms with Gasteiger partial charge in [0, 0.05) is 6.04 Å². The topological polar surface area (TPSA) is 30.5 Å². The molecule has 0 aromatic heterocycles. The average molecular weight is 263 g/mol. The first-order valence-corrected chi connectivity index (χ1v) is 7.42. The van der Waals surface area contributed by atoms with E-state index in [2.05, 4.69) is 19.2 Å². The predicted molar refractivity (Wildman–Crippen MR) is 77.9 cm³/mol. The highest BCUT2D eigenvalue weighted by Gasteiger charge is 2.30. The summed E-state index contributed by atoms with van der Waals surface area (Å²) in [7, 11) is 0. The smallest absolute Gasteiger partial charge is 0.119 e. The standard InChI is InChI=1S/C16H25NO2/c1-3-11-18-14-7-9-15(10-8-14)19-12-16(17-4-2)13-5-6-13/h7-10,13,16-17H,3-6,11-12H2,1-2H3. The highest BCUT2D eigenvalue weighted by atomic mass is 16.5. The molecule has 0 radical (unpaired) electrons. The van der Waals surface area contributed by atoms with Crippen LogP contribution in [-0.4, -0.2) is 25.8 Å². The molecule has 1 unspecified atom stereocenters. The summed E-state index contributed by atoms with van der Waals surface area (Å²) in [5, 5.41) is 3.50. The number of rotatable bonds is 9. The molecule has 0 amide bonds. The Bertz CT molecular complexity index is 360. The fourth-order valence-electron chi connectivity index (χ4n) is 2.16. The number of hydrogen-bond donors (Lipinski definition) is 1. The van der Waals surface area contributed by atoms with Crippen LogP contribution in [-0.2, 0) is 0 Å². The maximum absolute atomic E-state index is 5.86. The van der Waals surface area contributed by atoms with Gasteiger partial charge >= 0.3 is 0 Å². The van der Waals surface area contributed by atoms with E-state index in [0.717, 1.165) is 43.6 Å². The second kappa shape index (κ2) is 7.39. The Hall–Kier alpha value is -1.22. The Morgan fingerprint density at radius 3 is 2.26 bits per heavy atom. The largest absolute Gasteiger partial charge is 0.494 e. The Balaban J connectivity index is 1.78. The van der Waals surface area contributed by atoms with E-state index < -0.39 is 0 Å². The molecule has 1 atom stereocenters. The van der Waals surface area contributed by atoms with Crippen LogP contribution in [0.5, 0.6) is 11.5 Å². The molecule has 0 saturated heterocycles. The minimum atomic E-state index is 0.501. The van der Waals surface area contributed by atoms with Gasteiger partial charge in [-0.2, -0.15) is 0 Å². The second-order valence-corrected chi connectivity index (χ2v) is 5.13. The van der Waals surface area contributed by atoms with Gasteiger partial charge in [-0.05, 0) is 56.0 Å². The van der Waals surface area contributed by atoms with Crippen molar-refractivity contribution in [1.82, 2.24) is 5.32 Å². The van der Waals surface area contributed by atoms with Crippen LogP contribution < -0.4 is 14.8 Å². The van der Waals surface area contributed by atoms with Gasteiger partial charge in [-0.3, -0.25) is 0 Å². The van der Waals surface area contributed by atoms with E-state index in [4.69, 9.17) is 9.47 Å². The summed E-state index contributed by atoms with van der Waals surface area (Å²) in [6, 6.07) is 8.43. The molecular weight excluding hydrogens is 238 g/mol. The summed E-state index contributed by atoms with van der Waals surface area (Å²) in [5.41, 5.74) is 0. The first kappa shape index (κ1) is 14.2. The van der Waals surface area contributed by atoms with Crippen molar-refractivity contribution in [2.75, 3.05) is 19.8 Å². The van der Waals surface area contributed by atoms with Crippen LogP contribution in [0.3, 0.4) is 0 Å². The maximum atomic E-state index is 5.86. The minimum Gasteiger partial charge on any atom is -0.494 e.